The van der Waals surface area contributed by atoms with Crippen molar-refractivity contribution in [2.45, 2.75) is 37.3 Å². The molecular formula is C16H18FNO4S. The number of aliphatic hydroxyl groups excluding tert-OH is 1. The first-order valence-corrected chi connectivity index (χ1v) is 8.75. The minimum atomic E-state index is -3.83. The molecule has 0 unspecified atom stereocenters. The van der Waals surface area contributed by atoms with Gasteiger partial charge >= 0.3 is 0 Å². The summed E-state index contributed by atoms with van der Waals surface area (Å²) in [6, 6.07) is 6.68. The van der Waals surface area contributed by atoms with Crippen LogP contribution in [0.25, 0.3) is 0 Å². The zero-order valence-electron chi connectivity index (χ0n) is 12.9. The summed E-state index contributed by atoms with van der Waals surface area (Å²) in [6.07, 6.45) is -0.551. The Hall–Kier alpha value is -1.70. The van der Waals surface area contributed by atoms with E-state index in [0.29, 0.717) is 17.1 Å². The van der Waals surface area contributed by atoms with E-state index in [1.54, 1.807) is 19.9 Å². The number of aryl methyl sites for hydroxylation is 2. The number of halogens is 1. The molecule has 1 aromatic carbocycles. The molecule has 124 valence electrons. The van der Waals surface area contributed by atoms with Crippen LogP contribution in [0.1, 0.15) is 29.5 Å². The van der Waals surface area contributed by atoms with Gasteiger partial charge < -0.3 is 9.52 Å². The zero-order valence-corrected chi connectivity index (χ0v) is 13.7. The van der Waals surface area contributed by atoms with Gasteiger partial charge in [-0.2, -0.15) is 4.31 Å². The third-order valence-corrected chi connectivity index (χ3v) is 6.03. The number of hydrogen-bond acceptors (Lipinski definition) is 4. The van der Waals surface area contributed by atoms with E-state index in [0.717, 1.165) is 0 Å². The van der Waals surface area contributed by atoms with Crippen LogP contribution < -0.4 is 0 Å². The lowest BCUT2D eigenvalue weighted by Crippen LogP contribution is -2.32. The average Bonchev–Trinajstić information content (AvgIpc) is 3.02. The van der Waals surface area contributed by atoms with E-state index in [1.807, 2.05) is 0 Å². The lowest BCUT2D eigenvalue weighted by Gasteiger charge is -2.23. The third kappa shape index (κ3) is 2.91. The lowest BCUT2D eigenvalue weighted by molar-refractivity contribution is 0.188. The van der Waals surface area contributed by atoms with Crippen molar-refractivity contribution >= 4 is 10.0 Å². The van der Waals surface area contributed by atoms with Crippen LogP contribution in [-0.4, -0.2) is 30.5 Å². The Labute approximate surface area is 134 Å². The smallest absolute Gasteiger partial charge is 0.247 e. The van der Waals surface area contributed by atoms with E-state index in [2.05, 4.69) is 0 Å². The van der Waals surface area contributed by atoms with Crippen molar-refractivity contribution in [1.82, 2.24) is 4.31 Å². The second-order valence-electron chi connectivity index (χ2n) is 5.81. The van der Waals surface area contributed by atoms with Gasteiger partial charge in [0.2, 0.25) is 10.0 Å². The maximum absolute atomic E-state index is 13.5. The highest BCUT2D eigenvalue weighted by molar-refractivity contribution is 7.89. The van der Waals surface area contributed by atoms with E-state index in [-0.39, 0.29) is 17.9 Å². The van der Waals surface area contributed by atoms with Crippen molar-refractivity contribution in [1.29, 1.82) is 0 Å². The summed E-state index contributed by atoms with van der Waals surface area (Å²) in [5.41, 5.74) is 0.531. The summed E-state index contributed by atoms with van der Waals surface area (Å²) < 4.78 is 45.9. The van der Waals surface area contributed by atoms with Crippen LogP contribution in [0.2, 0.25) is 0 Å². The summed E-state index contributed by atoms with van der Waals surface area (Å²) in [6.45, 7) is 3.24. The van der Waals surface area contributed by atoms with Crippen molar-refractivity contribution in [3.05, 3.63) is 53.2 Å². The van der Waals surface area contributed by atoms with Gasteiger partial charge in [0.05, 0.1) is 12.1 Å². The molecule has 0 bridgehead atoms. The molecule has 1 aliphatic rings. The average molecular weight is 339 g/mol. The molecule has 3 rings (SSSR count). The molecule has 0 amide bonds. The standard InChI is InChI=1S/C16H18FNO4S/c1-10-6-16(11(2)22-10)23(20,21)18-9-14(19)8-15(18)12-4-3-5-13(17)7-12/h3-7,14-15,19H,8-9H2,1-2H3/t14-,15-/m1/s1. The van der Waals surface area contributed by atoms with Gasteiger partial charge in [-0.25, -0.2) is 12.8 Å². The van der Waals surface area contributed by atoms with Gasteiger partial charge in [0.25, 0.3) is 0 Å². The number of furan rings is 1. The zero-order chi connectivity index (χ0) is 16.8. The molecule has 0 spiro atoms. The number of sulfonamides is 1. The molecule has 7 heteroatoms. The minimum absolute atomic E-state index is 0.0207. The van der Waals surface area contributed by atoms with Gasteiger partial charge in [0.1, 0.15) is 22.2 Å². The van der Waals surface area contributed by atoms with Crippen molar-refractivity contribution in [3.63, 3.8) is 0 Å². The van der Waals surface area contributed by atoms with Crippen molar-refractivity contribution in [2.75, 3.05) is 6.54 Å². The first kappa shape index (κ1) is 16.2. The number of rotatable bonds is 3. The lowest BCUT2D eigenvalue weighted by atomic mass is 10.0. The molecule has 1 N–H and O–H groups in total. The van der Waals surface area contributed by atoms with E-state index in [1.165, 1.54) is 28.6 Å². The maximum Gasteiger partial charge on any atom is 0.247 e. The fourth-order valence-electron chi connectivity index (χ4n) is 3.06. The molecule has 23 heavy (non-hydrogen) atoms. The Morgan fingerprint density at radius 2 is 2.04 bits per heavy atom. The minimum Gasteiger partial charge on any atom is -0.465 e. The fraction of sp³-hybridized carbons (Fsp3) is 0.375. The van der Waals surface area contributed by atoms with E-state index < -0.39 is 28.0 Å². The molecule has 1 aromatic heterocycles. The van der Waals surface area contributed by atoms with E-state index >= 15 is 0 Å². The van der Waals surface area contributed by atoms with Crippen LogP contribution in [0.5, 0.6) is 0 Å². The summed E-state index contributed by atoms with van der Waals surface area (Å²) in [7, 11) is -3.83. The van der Waals surface area contributed by atoms with Crippen molar-refractivity contribution in [2.24, 2.45) is 0 Å². The first-order chi connectivity index (χ1) is 10.8. The van der Waals surface area contributed by atoms with Crippen LogP contribution in [0.15, 0.2) is 39.6 Å². The van der Waals surface area contributed by atoms with Crippen molar-refractivity contribution in [3.8, 4) is 0 Å². The van der Waals surface area contributed by atoms with E-state index in [9.17, 15) is 17.9 Å². The molecule has 0 radical (unpaired) electrons. The fourth-order valence-corrected chi connectivity index (χ4v) is 4.94. The monoisotopic (exact) mass is 339 g/mol. The second-order valence-corrected chi connectivity index (χ2v) is 7.67. The topological polar surface area (TPSA) is 70.8 Å². The van der Waals surface area contributed by atoms with Crippen LogP contribution >= 0.6 is 0 Å². The summed E-state index contributed by atoms with van der Waals surface area (Å²) >= 11 is 0. The molecule has 2 heterocycles. The summed E-state index contributed by atoms with van der Waals surface area (Å²) in [5.74, 6) is 0.376. The Kier molecular flexibility index (Phi) is 4.03. The Morgan fingerprint density at radius 3 is 2.65 bits per heavy atom. The number of nitrogens with zero attached hydrogens (tertiary/aromatic N) is 1. The summed E-state index contributed by atoms with van der Waals surface area (Å²) in [5, 5.41) is 9.96. The number of hydrogen-bond donors (Lipinski definition) is 1. The summed E-state index contributed by atoms with van der Waals surface area (Å²) in [4.78, 5) is 0.0884. The molecule has 2 aromatic rings. The SMILES string of the molecule is Cc1cc(S(=O)(=O)N2C[C@H](O)C[C@@H]2c2cccc(F)c2)c(C)o1. The maximum atomic E-state index is 13.5. The predicted molar refractivity (Wildman–Crippen MR) is 81.8 cm³/mol. The molecule has 1 saturated heterocycles. The Bertz CT molecular complexity index is 830. The molecule has 0 aliphatic carbocycles. The normalized spacial score (nSPS) is 22.6. The highest BCUT2D eigenvalue weighted by Gasteiger charge is 2.41. The number of β-amino-alcohol motifs (C(OH)–C–C–N with tert-alkyl or cyclic N) is 1. The van der Waals surface area contributed by atoms with E-state index in [4.69, 9.17) is 4.42 Å². The van der Waals surface area contributed by atoms with Crippen LogP contribution in [-0.2, 0) is 10.0 Å². The quantitative estimate of drug-likeness (QED) is 0.933. The van der Waals surface area contributed by atoms with Gasteiger partial charge in [-0.15, -0.1) is 0 Å². The molecule has 0 saturated carbocycles. The van der Waals surface area contributed by atoms with Gasteiger partial charge in [-0.3, -0.25) is 0 Å². The van der Waals surface area contributed by atoms with Crippen LogP contribution in [0.3, 0.4) is 0 Å². The molecule has 1 aliphatic heterocycles. The van der Waals surface area contributed by atoms with Crippen molar-refractivity contribution < 1.29 is 22.3 Å². The predicted octanol–water partition coefficient (Wildman–Crippen LogP) is 2.53. The highest BCUT2D eigenvalue weighted by Crippen LogP contribution is 2.38. The van der Waals surface area contributed by atoms with Crippen LogP contribution in [0.4, 0.5) is 4.39 Å². The largest absolute Gasteiger partial charge is 0.465 e. The highest BCUT2D eigenvalue weighted by atomic mass is 32.2. The van der Waals surface area contributed by atoms with Gasteiger partial charge in [0, 0.05) is 6.54 Å². The number of benzene rings is 1. The molecule has 2 atom stereocenters. The molecule has 5 nitrogen and oxygen atoms in total. The number of aliphatic hydroxyl groups is 1. The van der Waals surface area contributed by atoms with Crippen LogP contribution in [0, 0.1) is 19.7 Å². The molecule has 1 fully saturated rings. The Morgan fingerprint density at radius 1 is 1.30 bits per heavy atom. The first-order valence-electron chi connectivity index (χ1n) is 7.31. The second kappa shape index (κ2) is 5.74. The Balaban J connectivity index is 2.04. The van der Waals surface area contributed by atoms with Gasteiger partial charge in [0.15, 0.2) is 0 Å². The molecular weight excluding hydrogens is 321 g/mol. The van der Waals surface area contributed by atoms with Gasteiger partial charge in [-0.05, 0) is 44.0 Å². The van der Waals surface area contributed by atoms with Gasteiger partial charge in [-0.1, -0.05) is 12.1 Å². The third-order valence-electron chi connectivity index (χ3n) is 4.05.